The molecule has 1 aliphatic rings. The third-order valence-corrected chi connectivity index (χ3v) is 4.29. The average molecular weight is 300 g/mol. The number of aliphatic imine (C=N–C) groups is 1. The predicted molar refractivity (Wildman–Crippen MR) is 83.8 cm³/mol. The molecular weight excluding hydrogens is 282 g/mol. The van der Waals surface area contributed by atoms with E-state index in [-0.39, 0.29) is 5.56 Å². The van der Waals surface area contributed by atoms with E-state index in [0.717, 1.165) is 16.8 Å². The Labute approximate surface area is 128 Å². The monoisotopic (exact) mass is 300 g/mol. The van der Waals surface area contributed by atoms with Gasteiger partial charge >= 0.3 is 0 Å². The SMILES string of the molecule is Cc1cc(C2=NC(C)(C)C(F)(F)c3ccccc32)cnc1C. The first-order chi connectivity index (χ1) is 10.2. The summed E-state index contributed by atoms with van der Waals surface area (Å²) in [7, 11) is 0. The second-order valence-corrected chi connectivity index (χ2v) is 6.27. The molecule has 0 saturated heterocycles. The van der Waals surface area contributed by atoms with Gasteiger partial charge in [0.1, 0.15) is 5.54 Å². The summed E-state index contributed by atoms with van der Waals surface area (Å²) in [5.41, 5.74) is 2.34. The van der Waals surface area contributed by atoms with Gasteiger partial charge in [-0.3, -0.25) is 9.98 Å². The van der Waals surface area contributed by atoms with Gasteiger partial charge in [-0.15, -0.1) is 0 Å². The van der Waals surface area contributed by atoms with Crippen molar-refractivity contribution >= 4 is 5.71 Å². The molecule has 0 saturated carbocycles. The summed E-state index contributed by atoms with van der Waals surface area (Å²) in [6.07, 6.45) is 1.71. The molecule has 1 aliphatic heterocycles. The van der Waals surface area contributed by atoms with Crippen molar-refractivity contribution in [1.29, 1.82) is 0 Å². The van der Waals surface area contributed by atoms with Crippen molar-refractivity contribution in [1.82, 2.24) is 4.98 Å². The lowest BCUT2D eigenvalue weighted by molar-refractivity contribution is -0.0681. The van der Waals surface area contributed by atoms with Crippen LogP contribution in [-0.4, -0.2) is 16.2 Å². The molecule has 1 aromatic carbocycles. The number of benzene rings is 1. The van der Waals surface area contributed by atoms with Crippen LogP contribution in [0.15, 0.2) is 41.5 Å². The first kappa shape index (κ1) is 14.8. The lowest BCUT2D eigenvalue weighted by Crippen LogP contribution is -2.44. The quantitative estimate of drug-likeness (QED) is 0.765. The van der Waals surface area contributed by atoms with E-state index in [2.05, 4.69) is 9.98 Å². The Kier molecular flexibility index (Phi) is 3.17. The van der Waals surface area contributed by atoms with Gasteiger partial charge < -0.3 is 0 Å². The van der Waals surface area contributed by atoms with Gasteiger partial charge in [0.05, 0.1) is 5.71 Å². The molecule has 0 unspecified atom stereocenters. The molecule has 3 rings (SSSR count). The minimum Gasteiger partial charge on any atom is -0.271 e. The Morgan fingerprint density at radius 2 is 1.73 bits per heavy atom. The van der Waals surface area contributed by atoms with E-state index in [1.807, 2.05) is 19.9 Å². The second-order valence-electron chi connectivity index (χ2n) is 6.27. The molecule has 0 amide bonds. The van der Waals surface area contributed by atoms with Crippen LogP contribution in [0.5, 0.6) is 0 Å². The molecule has 22 heavy (non-hydrogen) atoms. The van der Waals surface area contributed by atoms with Gasteiger partial charge in [0, 0.05) is 28.6 Å². The second kappa shape index (κ2) is 4.70. The largest absolute Gasteiger partial charge is 0.297 e. The number of hydrogen-bond donors (Lipinski definition) is 0. The highest BCUT2D eigenvalue weighted by Gasteiger charge is 2.52. The van der Waals surface area contributed by atoms with Gasteiger partial charge in [-0.2, -0.15) is 8.78 Å². The summed E-state index contributed by atoms with van der Waals surface area (Å²) in [5, 5.41) is 0. The zero-order valence-electron chi connectivity index (χ0n) is 13.1. The maximum atomic E-state index is 14.7. The van der Waals surface area contributed by atoms with Crippen LogP contribution in [0.3, 0.4) is 0 Å². The maximum absolute atomic E-state index is 14.7. The van der Waals surface area contributed by atoms with Gasteiger partial charge in [0.2, 0.25) is 0 Å². The summed E-state index contributed by atoms with van der Waals surface area (Å²) in [6.45, 7) is 6.82. The topological polar surface area (TPSA) is 25.2 Å². The molecule has 2 heterocycles. The number of fused-ring (bicyclic) bond motifs is 1. The molecule has 114 valence electrons. The van der Waals surface area contributed by atoms with Crippen LogP contribution in [0.25, 0.3) is 0 Å². The zero-order chi connectivity index (χ0) is 16.1. The molecule has 0 atom stereocenters. The smallest absolute Gasteiger partial charge is 0.271 e. The number of nitrogens with zero attached hydrogens (tertiary/aromatic N) is 2. The Hall–Kier alpha value is -2.10. The van der Waals surface area contributed by atoms with E-state index in [0.29, 0.717) is 11.3 Å². The summed E-state index contributed by atoms with van der Waals surface area (Å²) in [4.78, 5) is 8.72. The fourth-order valence-corrected chi connectivity index (χ4v) is 2.70. The Morgan fingerprint density at radius 1 is 1.05 bits per heavy atom. The van der Waals surface area contributed by atoms with Crippen LogP contribution >= 0.6 is 0 Å². The van der Waals surface area contributed by atoms with Crippen molar-refractivity contribution in [2.75, 3.05) is 0 Å². The fraction of sp³-hybridized carbons (Fsp3) is 0.333. The van der Waals surface area contributed by atoms with E-state index < -0.39 is 11.5 Å². The van der Waals surface area contributed by atoms with Crippen LogP contribution in [0, 0.1) is 13.8 Å². The van der Waals surface area contributed by atoms with Crippen molar-refractivity contribution in [3.63, 3.8) is 0 Å². The zero-order valence-corrected chi connectivity index (χ0v) is 13.1. The van der Waals surface area contributed by atoms with E-state index >= 15 is 0 Å². The molecular formula is C18H18F2N2. The predicted octanol–water partition coefficient (Wildman–Crippen LogP) is 4.42. The Balaban J connectivity index is 2.27. The standard InChI is InChI=1S/C18H18F2N2/c1-11-9-13(10-21-12(11)2)16-14-7-5-6-8-15(14)18(19,20)17(3,4)22-16/h5-10H,1-4H3. The van der Waals surface area contributed by atoms with Crippen LogP contribution in [-0.2, 0) is 5.92 Å². The highest BCUT2D eigenvalue weighted by atomic mass is 19.3. The van der Waals surface area contributed by atoms with Crippen LogP contribution in [0.1, 0.15) is 41.8 Å². The Morgan fingerprint density at radius 3 is 2.41 bits per heavy atom. The van der Waals surface area contributed by atoms with Gasteiger partial charge in [0.25, 0.3) is 5.92 Å². The first-order valence-electron chi connectivity index (χ1n) is 7.25. The number of alkyl halides is 2. The summed E-state index contributed by atoms with van der Waals surface area (Å²) in [5.74, 6) is -3.00. The molecule has 1 aromatic heterocycles. The lowest BCUT2D eigenvalue weighted by Gasteiger charge is -2.37. The average Bonchev–Trinajstić information content (AvgIpc) is 2.46. The van der Waals surface area contributed by atoms with Crippen molar-refractivity contribution in [3.8, 4) is 0 Å². The molecule has 0 bridgehead atoms. The van der Waals surface area contributed by atoms with Gasteiger partial charge in [-0.25, -0.2) is 0 Å². The fourth-order valence-electron chi connectivity index (χ4n) is 2.70. The van der Waals surface area contributed by atoms with E-state index in [1.54, 1.807) is 24.4 Å². The van der Waals surface area contributed by atoms with Crippen molar-refractivity contribution in [3.05, 3.63) is 64.5 Å². The molecule has 0 spiro atoms. The van der Waals surface area contributed by atoms with Crippen molar-refractivity contribution in [2.45, 2.75) is 39.2 Å². The molecule has 0 radical (unpaired) electrons. The first-order valence-corrected chi connectivity index (χ1v) is 7.25. The number of hydrogen-bond acceptors (Lipinski definition) is 2. The number of halogens is 2. The highest BCUT2D eigenvalue weighted by Crippen LogP contribution is 2.46. The number of aryl methyl sites for hydroxylation is 2. The van der Waals surface area contributed by atoms with E-state index in [9.17, 15) is 8.78 Å². The van der Waals surface area contributed by atoms with Crippen LogP contribution < -0.4 is 0 Å². The van der Waals surface area contributed by atoms with Gasteiger partial charge in [-0.05, 0) is 39.3 Å². The summed E-state index contributed by atoms with van der Waals surface area (Å²) >= 11 is 0. The molecule has 0 N–H and O–H groups in total. The lowest BCUT2D eigenvalue weighted by atomic mass is 9.81. The van der Waals surface area contributed by atoms with Crippen LogP contribution in [0.4, 0.5) is 8.78 Å². The molecule has 0 fully saturated rings. The molecule has 0 aliphatic carbocycles. The molecule has 4 heteroatoms. The van der Waals surface area contributed by atoms with E-state index in [1.165, 1.54) is 19.9 Å². The third-order valence-electron chi connectivity index (χ3n) is 4.29. The Bertz CT molecular complexity index is 776. The molecule has 2 nitrogen and oxygen atoms in total. The number of aromatic nitrogens is 1. The third kappa shape index (κ3) is 2.05. The molecule has 2 aromatic rings. The normalized spacial score (nSPS) is 18.5. The summed E-state index contributed by atoms with van der Waals surface area (Å²) in [6, 6.07) is 8.55. The minimum absolute atomic E-state index is 0.0308. The number of pyridine rings is 1. The van der Waals surface area contributed by atoms with Gasteiger partial charge in [-0.1, -0.05) is 24.3 Å². The van der Waals surface area contributed by atoms with Gasteiger partial charge in [0.15, 0.2) is 0 Å². The van der Waals surface area contributed by atoms with Crippen molar-refractivity contribution < 1.29 is 8.78 Å². The highest BCUT2D eigenvalue weighted by molar-refractivity contribution is 6.14. The minimum atomic E-state index is -3.00. The van der Waals surface area contributed by atoms with Crippen LogP contribution in [0.2, 0.25) is 0 Å². The number of rotatable bonds is 1. The summed E-state index contributed by atoms with van der Waals surface area (Å²) < 4.78 is 29.4. The van der Waals surface area contributed by atoms with E-state index in [4.69, 9.17) is 0 Å². The van der Waals surface area contributed by atoms with Crippen molar-refractivity contribution in [2.24, 2.45) is 4.99 Å². The maximum Gasteiger partial charge on any atom is 0.297 e.